The van der Waals surface area contributed by atoms with Gasteiger partial charge in [-0.15, -0.1) is 0 Å². The number of rotatable bonds is 6. The summed E-state index contributed by atoms with van der Waals surface area (Å²) in [5.41, 5.74) is 1.10. The second-order valence-corrected chi connectivity index (χ2v) is 7.96. The van der Waals surface area contributed by atoms with Crippen LogP contribution in [0.3, 0.4) is 0 Å². The molecule has 2 aromatic rings. The number of benzene rings is 1. The van der Waals surface area contributed by atoms with Gasteiger partial charge in [0.05, 0.1) is 18.6 Å². The zero-order chi connectivity index (χ0) is 17.0. The molecule has 0 amide bonds. The molecule has 1 atom stereocenters. The van der Waals surface area contributed by atoms with Gasteiger partial charge in [0.2, 0.25) is 0 Å². The van der Waals surface area contributed by atoms with Gasteiger partial charge in [-0.2, -0.15) is 0 Å². The smallest absolute Gasteiger partial charge is 0.152 e. The second kappa shape index (κ2) is 7.04. The molecule has 0 spiro atoms. The first kappa shape index (κ1) is 16.5. The van der Waals surface area contributed by atoms with Crippen LogP contribution in [-0.2, 0) is 16.4 Å². The molecule has 1 aromatic heterocycles. The first-order chi connectivity index (χ1) is 11.5. The molecule has 1 aromatic carbocycles. The van der Waals surface area contributed by atoms with Crippen LogP contribution in [0.15, 0.2) is 36.7 Å². The van der Waals surface area contributed by atoms with E-state index in [0.29, 0.717) is 24.6 Å². The molecule has 1 aliphatic heterocycles. The van der Waals surface area contributed by atoms with Crippen molar-refractivity contribution in [3.63, 3.8) is 0 Å². The highest BCUT2D eigenvalue weighted by atomic mass is 32.2. The van der Waals surface area contributed by atoms with E-state index in [2.05, 4.69) is 20.6 Å². The molecule has 7 nitrogen and oxygen atoms in total. The SMILES string of the molecule is COc1ccc(CNc2cc(NC3CCS(=O)(=O)C3)ncn2)cc1. The Morgan fingerprint density at radius 2 is 1.96 bits per heavy atom. The summed E-state index contributed by atoms with van der Waals surface area (Å²) in [5.74, 6) is 2.52. The molecule has 1 unspecified atom stereocenters. The van der Waals surface area contributed by atoms with E-state index in [1.54, 1.807) is 13.2 Å². The van der Waals surface area contributed by atoms with E-state index in [0.717, 1.165) is 11.3 Å². The summed E-state index contributed by atoms with van der Waals surface area (Å²) < 4.78 is 28.2. The van der Waals surface area contributed by atoms with Gasteiger partial charge in [-0.05, 0) is 24.1 Å². The van der Waals surface area contributed by atoms with Gasteiger partial charge in [-0.25, -0.2) is 18.4 Å². The summed E-state index contributed by atoms with van der Waals surface area (Å²) in [5, 5.41) is 6.39. The molecule has 1 saturated heterocycles. The molecule has 0 saturated carbocycles. The standard InChI is InChI=1S/C16H20N4O3S/c1-23-14-4-2-12(3-5-14)9-17-15-8-16(19-11-18-15)20-13-6-7-24(21,22)10-13/h2-5,8,11,13H,6-7,9-10H2,1H3,(H2,17,18,19,20). The summed E-state index contributed by atoms with van der Waals surface area (Å²) in [4.78, 5) is 8.34. The van der Waals surface area contributed by atoms with E-state index in [9.17, 15) is 8.42 Å². The number of hydrogen-bond donors (Lipinski definition) is 2. The first-order valence-electron chi connectivity index (χ1n) is 7.70. The van der Waals surface area contributed by atoms with Crippen LogP contribution in [0.2, 0.25) is 0 Å². The number of methoxy groups -OCH3 is 1. The number of aromatic nitrogens is 2. The van der Waals surface area contributed by atoms with Crippen molar-refractivity contribution in [3.05, 3.63) is 42.2 Å². The summed E-state index contributed by atoms with van der Waals surface area (Å²) >= 11 is 0. The predicted octanol–water partition coefficient (Wildman–Crippen LogP) is 1.70. The van der Waals surface area contributed by atoms with Crippen LogP contribution in [-0.4, -0.2) is 43.0 Å². The Balaban J connectivity index is 1.58. The number of sulfone groups is 1. The van der Waals surface area contributed by atoms with Gasteiger partial charge in [-0.3, -0.25) is 0 Å². The molecule has 3 rings (SSSR count). The highest BCUT2D eigenvalue weighted by Crippen LogP contribution is 2.18. The van der Waals surface area contributed by atoms with Crippen LogP contribution in [0.25, 0.3) is 0 Å². The Labute approximate surface area is 141 Å². The fourth-order valence-electron chi connectivity index (χ4n) is 2.59. The summed E-state index contributed by atoms with van der Waals surface area (Å²) in [7, 11) is -1.27. The van der Waals surface area contributed by atoms with Gasteiger partial charge in [0.15, 0.2) is 9.84 Å². The number of nitrogens with zero attached hydrogens (tertiary/aromatic N) is 2. The lowest BCUT2D eigenvalue weighted by Gasteiger charge is -2.12. The Morgan fingerprint density at radius 1 is 1.21 bits per heavy atom. The zero-order valence-corrected chi connectivity index (χ0v) is 14.2. The maximum Gasteiger partial charge on any atom is 0.152 e. The lowest BCUT2D eigenvalue weighted by molar-refractivity contribution is 0.414. The van der Waals surface area contributed by atoms with Crippen LogP contribution in [0.4, 0.5) is 11.6 Å². The van der Waals surface area contributed by atoms with Gasteiger partial charge in [0.25, 0.3) is 0 Å². The van der Waals surface area contributed by atoms with E-state index < -0.39 is 9.84 Å². The fourth-order valence-corrected chi connectivity index (χ4v) is 4.26. The molecular formula is C16H20N4O3S. The summed E-state index contributed by atoms with van der Waals surface area (Å²) in [6, 6.07) is 9.48. The topological polar surface area (TPSA) is 93.2 Å². The van der Waals surface area contributed by atoms with Crippen molar-refractivity contribution >= 4 is 21.5 Å². The Morgan fingerprint density at radius 3 is 2.62 bits per heavy atom. The van der Waals surface area contributed by atoms with E-state index in [4.69, 9.17) is 4.74 Å². The predicted molar refractivity (Wildman–Crippen MR) is 93.0 cm³/mol. The molecule has 8 heteroatoms. The van der Waals surface area contributed by atoms with Crippen molar-refractivity contribution in [2.24, 2.45) is 0 Å². The monoisotopic (exact) mass is 348 g/mol. The van der Waals surface area contributed by atoms with Gasteiger partial charge < -0.3 is 15.4 Å². The normalized spacial score (nSPS) is 19.0. The molecule has 0 radical (unpaired) electrons. The minimum absolute atomic E-state index is 0.0839. The third-order valence-electron chi connectivity index (χ3n) is 3.88. The number of nitrogens with one attached hydrogen (secondary N) is 2. The fraction of sp³-hybridized carbons (Fsp3) is 0.375. The van der Waals surface area contributed by atoms with Gasteiger partial charge in [0.1, 0.15) is 23.7 Å². The molecule has 2 heterocycles. The lowest BCUT2D eigenvalue weighted by Crippen LogP contribution is -2.21. The summed E-state index contributed by atoms with van der Waals surface area (Å²) in [6.45, 7) is 0.623. The van der Waals surface area contributed by atoms with Crippen molar-refractivity contribution < 1.29 is 13.2 Å². The summed E-state index contributed by atoms with van der Waals surface area (Å²) in [6.07, 6.45) is 2.07. The highest BCUT2D eigenvalue weighted by molar-refractivity contribution is 7.91. The quantitative estimate of drug-likeness (QED) is 0.820. The number of anilines is 2. The van der Waals surface area contributed by atoms with Gasteiger partial charge in [0, 0.05) is 18.7 Å². The van der Waals surface area contributed by atoms with E-state index in [1.807, 2.05) is 24.3 Å². The molecular weight excluding hydrogens is 328 g/mol. The van der Waals surface area contributed by atoms with Crippen molar-refractivity contribution in [3.8, 4) is 5.75 Å². The number of ether oxygens (including phenoxy) is 1. The van der Waals surface area contributed by atoms with Crippen molar-refractivity contribution in [1.82, 2.24) is 9.97 Å². The van der Waals surface area contributed by atoms with Gasteiger partial charge in [-0.1, -0.05) is 12.1 Å². The minimum Gasteiger partial charge on any atom is -0.497 e. The van der Waals surface area contributed by atoms with E-state index in [-0.39, 0.29) is 17.5 Å². The molecule has 0 bridgehead atoms. The molecule has 0 aliphatic carbocycles. The molecule has 2 N–H and O–H groups in total. The van der Waals surface area contributed by atoms with Crippen LogP contribution in [0.1, 0.15) is 12.0 Å². The molecule has 128 valence electrons. The number of hydrogen-bond acceptors (Lipinski definition) is 7. The highest BCUT2D eigenvalue weighted by Gasteiger charge is 2.27. The van der Waals surface area contributed by atoms with Crippen molar-refractivity contribution in [2.75, 3.05) is 29.2 Å². The third-order valence-corrected chi connectivity index (χ3v) is 5.65. The third kappa shape index (κ3) is 4.35. The minimum atomic E-state index is -2.91. The molecule has 24 heavy (non-hydrogen) atoms. The first-order valence-corrected chi connectivity index (χ1v) is 9.52. The maximum atomic E-state index is 11.5. The molecule has 1 aliphatic rings. The Hall–Kier alpha value is -2.35. The van der Waals surface area contributed by atoms with E-state index >= 15 is 0 Å². The Kier molecular flexibility index (Phi) is 4.84. The average molecular weight is 348 g/mol. The average Bonchev–Trinajstić information content (AvgIpc) is 2.92. The van der Waals surface area contributed by atoms with Crippen molar-refractivity contribution in [1.29, 1.82) is 0 Å². The Bertz CT molecular complexity index is 793. The van der Waals surface area contributed by atoms with Crippen LogP contribution in [0.5, 0.6) is 5.75 Å². The lowest BCUT2D eigenvalue weighted by atomic mass is 10.2. The van der Waals surface area contributed by atoms with E-state index in [1.165, 1.54) is 6.33 Å². The van der Waals surface area contributed by atoms with Crippen LogP contribution in [0, 0.1) is 0 Å². The largest absolute Gasteiger partial charge is 0.497 e. The molecule has 1 fully saturated rings. The second-order valence-electron chi connectivity index (χ2n) is 5.73. The maximum absolute atomic E-state index is 11.5. The van der Waals surface area contributed by atoms with Gasteiger partial charge >= 0.3 is 0 Å². The van der Waals surface area contributed by atoms with Crippen LogP contribution >= 0.6 is 0 Å². The zero-order valence-electron chi connectivity index (χ0n) is 13.4. The van der Waals surface area contributed by atoms with Crippen LogP contribution < -0.4 is 15.4 Å². The van der Waals surface area contributed by atoms with Crippen molar-refractivity contribution in [2.45, 2.75) is 19.0 Å².